The molecule has 0 radical (unpaired) electrons. The average molecular weight is 355 g/mol. The summed E-state index contributed by atoms with van der Waals surface area (Å²) >= 11 is 5.29. The molecular formula is C19H21N3O2S. The summed E-state index contributed by atoms with van der Waals surface area (Å²) in [7, 11) is 0. The summed E-state index contributed by atoms with van der Waals surface area (Å²) in [5.74, 6) is 1.06. The number of carbonyl (C=O) groups is 1. The smallest absolute Gasteiger partial charge is 0.273 e. The Morgan fingerprint density at radius 3 is 2.52 bits per heavy atom. The first-order valence-corrected chi connectivity index (χ1v) is 9.09. The molecule has 25 heavy (non-hydrogen) atoms. The van der Waals surface area contributed by atoms with Crippen LogP contribution < -0.4 is 16.2 Å². The van der Waals surface area contributed by atoms with Gasteiger partial charge in [0.1, 0.15) is 5.75 Å². The topological polar surface area (TPSA) is 73.4 Å². The molecule has 0 unspecified atom stereocenters. The molecule has 2 aromatic rings. The Morgan fingerprint density at radius 1 is 1.08 bits per heavy atom. The third-order valence-electron chi connectivity index (χ3n) is 5.45. The van der Waals surface area contributed by atoms with E-state index in [-0.39, 0.29) is 11.3 Å². The maximum Gasteiger partial charge on any atom is 0.273 e. The number of hydrazine groups is 1. The molecule has 4 rings (SSSR count). The predicted molar refractivity (Wildman–Crippen MR) is 101 cm³/mol. The molecule has 1 amide bonds. The number of rotatable bonds is 2. The van der Waals surface area contributed by atoms with E-state index >= 15 is 0 Å². The van der Waals surface area contributed by atoms with Crippen molar-refractivity contribution in [1.82, 2.24) is 16.2 Å². The van der Waals surface area contributed by atoms with Crippen LogP contribution in [0.2, 0.25) is 0 Å². The molecular weight excluding hydrogens is 334 g/mol. The molecule has 0 aromatic heterocycles. The van der Waals surface area contributed by atoms with Crippen LogP contribution in [0.1, 0.15) is 36.0 Å². The van der Waals surface area contributed by atoms with Gasteiger partial charge in [-0.1, -0.05) is 30.7 Å². The molecule has 2 fully saturated rings. The van der Waals surface area contributed by atoms with Gasteiger partial charge >= 0.3 is 0 Å². The highest BCUT2D eigenvalue weighted by molar-refractivity contribution is 7.80. The largest absolute Gasteiger partial charge is 0.507 e. The zero-order valence-corrected chi connectivity index (χ0v) is 14.6. The number of hydrogen-bond acceptors (Lipinski definition) is 3. The number of thiocarbonyl (C=S) groups is 1. The van der Waals surface area contributed by atoms with E-state index in [1.165, 1.54) is 19.3 Å². The van der Waals surface area contributed by atoms with Gasteiger partial charge in [-0.05, 0) is 66.2 Å². The molecule has 0 aliphatic heterocycles. The summed E-state index contributed by atoms with van der Waals surface area (Å²) in [6, 6.07) is 11.3. The maximum atomic E-state index is 12.4. The summed E-state index contributed by atoms with van der Waals surface area (Å²) in [6.45, 7) is 0. The number of aromatic hydroxyl groups is 1. The molecule has 0 heterocycles. The van der Waals surface area contributed by atoms with Crippen LogP contribution in [0.5, 0.6) is 5.75 Å². The number of hydrogen-bond donors (Lipinski definition) is 4. The van der Waals surface area contributed by atoms with Crippen molar-refractivity contribution >= 4 is 34.0 Å². The summed E-state index contributed by atoms with van der Waals surface area (Å²) in [5.41, 5.74) is 5.54. The minimum Gasteiger partial charge on any atom is -0.507 e. The highest BCUT2D eigenvalue weighted by Crippen LogP contribution is 2.44. The SMILES string of the molecule is O=C(NNC(=S)N[C@@H]1C[C@H]2CC[C@H]1C2)c1cc2ccccc2cc1O. The normalized spacial score (nSPS) is 24.2. The standard InChI is InChI=1S/C19H21N3O2S/c23-17-10-13-4-2-1-3-12(13)9-15(17)18(24)21-22-19(25)20-16-8-11-5-6-14(16)7-11/h1-4,9-11,14,16,23H,5-8H2,(H,21,24)(H2,20,22,25)/t11-,14-,16+/m0/s1. The lowest BCUT2D eigenvalue weighted by Crippen LogP contribution is -2.50. The van der Waals surface area contributed by atoms with E-state index in [0.29, 0.717) is 17.1 Å². The van der Waals surface area contributed by atoms with Crippen LogP contribution in [0.4, 0.5) is 0 Å². The Balaban J connectivity index is 1.37. The van der Waals surface area contributed by atoms with E-state index in [1.54, 1.807) is 12.1 Å². The lowest BCUT2D eigenvalue weighted by Gasteiger charge is -2.24. The molecule has 6 heteroatoms. The highest BCUT2D eigenvalue weighted by Gasteiger charge is 2.39. The Kier molecular flexibility index (Phi) is 4.21. The number of nitrogens with one attached hydrogen (secondary N) is 3. The second-order valence-corrected chi connectivity index (χ2v) is 7.46. The average Bonchev–Trinajstić information content (AvgIpc) is 3.22. The second-order valence-electron chi connectivity index (χ2n) is 7.05. The summed E-state index contributed by atoms with van der Waals surface area (Å²) in [6.07, 6.45) is 5.05. The summed E-state index contributed by atoms with van der Waals surface area (Å²) < 4.78 is 0. The van der Waals surface area contributed by atoms with Crippen molar-refractivity contribution in [2.45, 2.75) is 31.7 Å². The third kappa shape index (κ3) is 3.26. The Bertz CT molecular complexity index is 839. The van der Waals surface area contributed by atoms with E-state index in [9.17, 15) is 9.90 Å². The van der Waals surface area contributed by atoms with Gasteiger partial charge in [-0.15, -0.1) is 0 Å². The number of phenolic OH excluding ortho intramolecular Hbond substituents is 1. The molecule has 4 N–H and O–H groups in total. The third-order valence-corrected chi connectivity index (χ3v) is 5.67. The van der Waals surface area contributed by atoms with E-state index in [4.69, 9.17) is 12.2 Å². The zero-order chi connectivity index (χ0) is 17.4. The number of carbonyl (C=O) groups excluding carboxylic acids is 1. The predicted octanol–water partition coefficient (Wildman–Crippen LogP) is 2.84. The molecule has 5 nitrogen and oxygen atoms in total. The van der Waals surface area contributed by atoms with Gasteiger partial charge in [0, 0.05) is 6.04 Å². The first-order valence-electron chi connectivity index (χ1n) is 8.69. The molecule has 0 saturated heterocycles. The lowest BCUT2D eigenvalue weighted by atomic mass is 9.96. The second kappa shape index (κ2) is 6.52. The quantitative estimate of drug-likeness (QED) is 0.492. The maximum absolute atomic E-state index is 12.4. The molecule has 2 aliphatic carbocycles. The van der Waals surface area contributed by atoms with Gasteiger partial charge in [0.15, 0.2) is 5.11 Å². The van der Waals surface area contributed by atoms with Crippen LogP contribution in [0, 0.1) is 11.8 Å². The number of benzene rings is 2. The molecule has 2 saturated carbocycles. The molecule has 130 valence electrons. The zero-order valence-electron chi connectivity index (χ0n) is 13.8. The minimum atomic E-state index is -0.416. The van der Waals surface area contributed by atoms with Gasteiger partial charge in [-0.25, -0.2) is 0 Å². The molecule has 3 atom stereocenters. The molecule has 2 aromatic carbocycles. The fourth-order valence-electron chi connectivity index (χ4n) is 4.22. The Hall–Kier alpha value is -2.34. The van der Waals surface area contributed by atoms with Gasteiger partial charge in [0.2, 0.25) is 0 Å². The van der Waals surface area contributed by atoms with Crippen LogP contribution in [0.25, 0.3) is 10.8 Å². The van der Waals surface area contributed by atoms with Crippen LogP contribution >= 0.6 is 12.2 Å². The first-order chi connectivity index (χ1) is 12.1. The van der Waals surface area contributed by atoms with Crippen LogP contribution in [-0.2, 0) is 0 Å². The van der Waals surface area contributed by atoms with Crippen LogP contribution in [-0.4, -0.2) is 22.2 Å². The van der Waals surface area contributed by atoms with Crippen molar-refractivity contribution in [3.8, 4) is 5.75 Å². The number of amides is 1. The van der Waals surface area contributed by atoms with Crippen LogP contribution in [0.3, 0.4) is 0 Å². The van der Waals surface area contributed by atoms with Gasteiger partial charge in [-0.2, -0.15) is 0 Å². The fraction of sp³-hybridized carbons (Fsp3) is 0.368. The van der Waals surface area contributed by atoms with Gasteiger partial charge < -0.3 is 10.4 Å². The Morgan fingerprint density at radius 2 is 1.84 bits per heavy atom. The summed E-state index contributed by atoms with van der Waals surface area (Å²) in [5, 5.41) is 15.6. The number of phenols is 1. The van der Waals surface area contributed by atoms with Crippen molar-refractivity contribution < 1.29 is 9.90 Å². The Labute approximate surface area is 151 Å². The minimum absolute atomic E-state index is 0.0509. The summed E-state index contributed by atoms with van der Waals surface area (Å²) in [4.78, 5) is 12.4. The molecule has 0 spiro atoms. The molecule has 2 bridgehead atoms. The van der Waals surface area contributed by atoms with Crippen molar-refractivity contribution in [3.63, 3.8) is 0 Å². The van der Waals surface area contributed by atoms with E-state index in [1.807, 2.05) is 24.3 Å². The van der Waals surface area contributed by atoms with E-state index < -0.39 is 5.91 Å². The fourth-order valence-corrected chi connectivity index (χ4v) is 4.42. The van der Waals surface area contributed by atoms with Gasteiger partial charge in [0.05, 0.1) is 5.56 Å². The van der Waals surface area contributed by atoms with E-state index in [2.05, 4.69) is 16.2 Å². The molecule has 2 aliphatic rings. The van der Waals surface area contributed by atoms with Crippen molar-refractivity contribution in [2.24, 2.45) is 11.8 Å². The van der Waals surface area contributed by atoms with E-state index in [0.717, 1.165) is 23.1 Å². The van der Waals surface area contributed by atoms with Gasteiger partial charge in [-0.3, -0.25) is 15.6 Å². The lowest BCUT2D eigenvalue weighted by molar-refractivity contribution is 0.0941. The first kappa shape index (κ1) is 16.1. The van der Waals surface area contributed by atoms with Crippen LogP contribution in [0.15, 0.2) is 36.4 Å². The number of fused-ring (bicyclic) bond motifs is 3. The highest BCUT2D eigenvalue weighted by atomic mass is 32.1. The van der Waals surface area contributed by atoms with Gasteiger partial charge in [0.25, 0.3) is 5.91 Å². The van der Waals surface area contributed by atoms with Crippen molar-refractivity contribution in [2.75, 3.05) is 0 Å². The van der Waals surface area contributed by atoms with Crippen molar-refractivity contribution in [3.05, 3.63) is 42.0 Å². The van der Waals surface area contributed by atoms with Crippen molar-refractivity contribution in [1.29, 1.82) is 0 Å². The monoisotopic (exact) mass is 355 g/mol.